The maximum atomic E-state index is 13.0. The summed E-state index contributed by atoms with van der Waals surface area (Å²) >= 11 is 3.47. The van der Waals surface area contributed by atoms with Gasteiger partial charge in [-0.25, -0.2) is 9.37 Å². The van der Waals surface area contributed by atoms with E-state index in [1.165, 1.54) is 22.6 Å². The van der Waals surface area contributed by atoms with E-state index in [-0.39, 0.29) is 11.9 Å². The topological polar surface area (TPSA) is 24.9 Å². The molecule has 3 rings (SSSR count). The summed E-state index contributed by atoms with van der Waals surface area (Å²) in [5.41, 5.74) is 3.49. The van der Waals surface area contributed by atoms with E-state index in [2.05, 4.69) is 36.0 Å². The maximum Gasteiger partial charge on any atom is 0.123 e. The van der Waals surface area contributed by atoms with Crippen LogP contribution in [-0.2, 0) is 13.0 Å². The number of aromatic nitrogens is 1. The van der Waals surface area contributed by atoms with Gasteiger partial charge in [0.2, 0.25) is 0 Å². The van der Waals surface area contributed by atoms with Crippen LogP contribution in [0.25, 0.3) is 0 Å². The number of nitrogens with one attached hydrogen (secondary N) is 1. The number of rotatable bonds is 6. The second kappa shape index (κ2) is 7.34. The summed E-state index contributed by atoms with van der Waals surface area (Å²) in [5, 5.41) is 8.98. The largest absolute Gasteiger partial charge is 0.304 e. The highest BCUT2D eigenvalue weighted by Gasteiger charge is 2.17. The molecule has 1 aromatic carbocycles. The van der Waals surface area contributed by atoms with Crippen molar-refractivity contribution in [2.75, 3.05) is 0 Å². The Morgan fingerprint density at radius 2 is 1.91 bits per heavy atom. The summed E-state index contributed by atoms with van der Waals surface area (Å²) in [7, 11) is 0. The average molecular weight is 346 g/mol. The molecule has 0 amide bonds. The third kappa shape index (κ3) is 4.25. The molecule has 0 aliphatic carbocycles. The van der Waals surface area contributed by atoms with Crippen molar-refractivity contribution in [3.63, 3.8) is 0 Å². The molecule has 0 saturated carbocycles. The summed E-state index contributed by atoms with van der Waals surface area (Å²) in [6, 6.07) is 8.98. The van der Waals surface area contributed by atoms with Gasteiger partial charge in [0, 0.05) is 11.4 Å². The number of nitrogens with zero attached hydrogens (tertiary/aromatic N) is 1. The molecule has 3 aromatic rings. The number of aryl methyl sites for hydroxylation is 2. The fraction of sp³-hybridized carbons (Fsp3) is 0.278. The molecule has 0 bridgehead atoms. The molecule has 0 saturated heterocycles. The highest BCUT2D eigenvalue weighted by atomic mass is 32.1. The lowest BCUT2D eigenvalue weighted by Gasteiger charge is -2.16. The number of hydrogen-bond donors (Lipinski definition) is 1. The monoisotopic (exact) mass is 346 g/mol. The quantitative estimate of drug-likeness (QED) is 0.677. The molecule has 0 aliphatic heterocycles. The molecule has 1 atom stereocenters. The Morgan fingerprint density at radius 3 is 2.52 bits per heavy atom. The minimum absolute atomic E-state index is 0.173. The zero-order valence-electron chi connectivity index (χ0n) is 13.2. The molecule has 0 spiro atoms. The van der Waals surface area contributed by atoms with E-state index in [0.29, 0.717) is 6.54 Å². The number of thiazole rings is 1. The predicted octanol–water partition coefficient (Wildman–Crippen LogP) is 5.03. The zero-order chi connectivity index (χ0) is 16.2. The molecular formula is C18H19FN2S2. The maximum absolute atomic E-state index is 13.0. The van der Waals surface area contributed by atoms with E-state index in [9.17, 15) is 4.39 Å². The van der Waals surface area contributed by atoms with Crippen molar-refractivity contribution < 1.29 is 4.39 Å². The van der Waals surface area contributed by atoms with E-state index in [1.54, 1.807) is 22.7 Å². The minimum atomic E-state index is -0.199. The van der Waals surface area contributed by atoms with Crippen molar-refractivity contribution in [2.24, 2.45) is 0 Å². The second-order valence-corrected chi connectivity index (χ2v) is 7.60. The van der Waals surface area contributed by atoms with E-state index < -0.39 is 0 Å². The Labute approximate surface area is 144 Å². The fourth-order valence-corrected chi connectivity index (χ4v) is 4.06. The number of benzene rings is 1. The van der Waals surface area contributed by atoms with Gasteiger partial charge in [-0.3, -0.25) is 0 Å². The first kappa shape index (κ1) is 16.3. The van der Waals surface area contributed by atoms with Crippen LogP contribution >= 0.6 is 22.7 Å². The molecule has 0 unspecified atom stereocenters. The van der Waals surface area contributed by atoms with E-state index >= 15 is 0 Å². The van der Waals surface area contributed by atoms with Crippen LogP contribution in [0.15, 0.2) is 41.1 Å². The molecular weight excluding hydrogens is 327 g/mol. The van der Waals surface area contributed by atoms with Crippen molar-refractivity contribution in [3.05, 3.63) is 73.6 Å². The van der Waals surface area contributed by atoms with Crippen LogP contribution in [0.3, 0.4) is 0 Å². The van der Waals surface area contributed by atoms with Crippen molar-refractivity contribution >= 4 is 22.7 Å². The van der Waals surface area contributed by atoms with E-state index in [1.807, 2.05) is 12.1 Å². The third-order valence-electron chi connectivity index (χ3n) is 3.83. The van der Waals surface area contributed by atoms with Gasteiger partial charge in [-0.05, 0) is 60.4 Å². The van der Waals surface area contributed by atoms with Crippen molar-refractivity contribution in [1.82, 2.24) is 10.3 Å². The molecule has 23 heavy (non-hydrogen) atoms. The molecule has 0 radical (unpaired) electrons. The van der Waals surface area contributed by atoms with Gasteiger partial charge in [-0.15, -0.1) is 11.3 Å². The van der Waals surface area contributed by atoms with Crippen LogP contribution in [-0.4, -0.2) is 4.98 Å². The lowest BCUT2D eigenvalue weighted by Crippen LogP contribution is -2.22. The summed E-state index contributed by atoms with van der Waals surface area (Å²) in [6.45, 7) is 4.86. The van der Waals surface area contributed by atoms with Crippen LogP contribution in [0, 0.1) is 19.7 Å². The smallest absolute Gasteiger partial charge is 0.123 e. The van der Waals surface area contributed by atoms with Crippen LogP contribution in [0.2, 0.25) is 0 Å². The van der Waals surface area contributed by atoms with Crippen LogP contribution in [0.4, 0.5) is 4.39 Å². The molecule has 120 valence electrons. The first-order valence-corrected chi connectivity index (χ1v) is 9.30. The molecule has 5 heteroatoms. The Kier molecular flexibility index (Phi) is 5.20. The van der Waals surface area contributed by atoms with E-state index in [4.69, 9.17) is 4.98 Å². The first-order chi connectivity index (χ1) is 11.1. The third-order valence-corrected chi connectivity index (χ3v) is 5.75. The summed E-state index contributed by atoms with van der Waals surface area (Å²) < 4.78 is 13.0. The van der Waals surface area contributed by atoms with Gasteiger partial charge in [0.15, 0.2) is 0 Å². The van der Waals surface area contributed by atoms with Gasteiger partial charge in [0.1, 0.15) is 10.8 Å². The Morgan fingerprint density at radius 1 is 1.13 bits per heavy atom. The Bertz CT molecular complexity index is 728. The zero-order valence-corrected chi connectivity index (χ0v) is 14.8. The van der Waals surface area contributed by atoms with Crippen LogP contribution in [0.5, 0.6) is 0 Å². The van der Waals surface area contributed by atoms with Gasteiger partial charge >= 0.3 is 0 Å². The summed E-state index contributed by atoms with van der Waals surface area (Å²) in [6.07, 6.45) is 0.914. The predicted molar refractivity (Wildman–Crippen MR) is 95.6 cm³/mol. The summed E-state index contributed by atoms with van der Waals surface area (Å²) in [4.78, 5) is 5.98. The molecule has 2 heterocycles. The summed E-state index contributed by atoms with van der Waals surface area (Å²) in [5.74, 6) is -0.199. The number of halogens is 1. The van der Waals surface area contributed by atoms with Gasteiger partial charge in [0.05, 0.1) is 11.7 Å². The highest BCUT2D eigenvalue weighted by molar-refractivity contribution is 7.11. The molecule has 1 N–H and O–H groups in total. The van der Waals surface area contributed by atoms with Gasteiger partial charge in [0.25, 0.3) is 0 Å². The SMILES string of the molecule is Cc1nc([C@@H](Cc2ccsc2)NCc2ccc(F)cc2)sc1C. The highest BCUT2D eigenvalue weighted by Crippen LogP contribution is 2.26. The molecule has 2 nitrogen and oxygen atoms in total. The van der Waals surface area contributed by atoms with Crippen LogP contribution in [0.1, 0.15) is 32.7 Å². The number of thiophene rings is 1. The fourth-order valence-electron chi connectivity index (χ4n) is 2.38. The van der Waals surface area contributed by atoms with Gasteiger partial charge < -0.3 is 5.32 Å². The van der Waals surface area contributed by atoms with E-state index in [0.717, 1.165) is 22.7 Å². The van der Waals surface area contributed by atoms with Gasteiger partial charge in [-0.1, -0.05) is 12.1 Å². The molecule has 0 fully saturated rings. The van der Waals surface area contributed by atoms with Crippen molar-refractivity contribution in [2.45, 2.75) is 32.9 Å². The lowest BCUT2D eigenvalue weighted by molar-refractivity contribution is 0.527. The number of hydrogen-bond acceptors (Lipinski definition) is 4. The first-order valence-electron chi connectivity index (χ1n) is 7.54. The normalized spacial score (nSPS) is 12.5. The second-order valence-electron chi connectivity index (χ2n) is 5.59. The minimum Gasteiger partial charge on any atom is -0.304 e. The van der Waals surface area contributed by atoms with Gasteiger partial charge in [-0.2, -0.15) is 11.3 Å². The average Bonchev–Trinajstić information content (AvgIpc) is 3.16. The van der Waals surface area contributed by atoms with Crippen LogP contribution < -0.4 is 5.32 Å². The molecule has 0 aliphatic rings. The Hall–Kier alpha value is -1.56. The Balaban J connectivity index is 1.75. The molecule has 2 aromatic heterocycles. The lowest BCUT2D eigenvalue weighted by atomic mass is 10.1. The van der Waals surface area contributed by atoms with Crippen molar-refractivity contribution in [3.8, 4) is 0 Å². The van der Waals surface area contributed by atoms with Crippen molar-refractivity contribution in [1.29, 1.82) is 0 Å². The standard InChI is InChI=1S/C18H19FN2S2/c1-12-13(2)23-18(21-12)17(9-15-7-8-22-11-15)20-10-14-3-5-16(19)6-4-14/h3-8,11,17,20H,9-10H2,1-2H3/t17-/m1/s1.